The van der Waals surface area contributed by atoms with E-state index in [1.165, 1.54) is 0 Å². The average Bonchev–Trinajstić information content (AvgIpc) is 2.28. The van der Waals surface area contributed by atoms with Gasteiger partial charge in [0.1, 0.15) is 0 Å². The molecule has 17 heavy (non-hydrogen) atoms. The van der Waals surface area contributed by atoms with Crippen LogP contribution >= 0.6 is 0 Å². The van der Waals surface area contributed by atoms with E-state index in [9.17, 15) is 9.59 Å². The van der Waals surface area contributed by atoms with Crippen LogP contribution in [0.25, 0.3) is 10.8 Å². The van der Waals surface area contributed by atoms with Crippen molar-refractivity contribution in [1.82, 2.24) is 9.78 Å². The second-order valence-electron chi connectivity index (χ2n) is 5.00. The van der Waals surface area contributed by atoms with Gasteiger partial charge in [-0.2, -0.15) is 9.78 Å². The lowest BCUT2D eigenvalue weighted by molar-refractivity contribution is 0.0742. The molecule has 1 aromatic heterocycles. The summed E-state index contributed by atoms with van der Waals surface area (Å²) in [5.41, 5.74) is -0.984. The molecule has 4 heteroatoms. The minimum Gasteiger partial charge on any atom is -0.272 e. The average molecular weight is 230 g/mol. The molecule has 88 valence electrons. The molecule has 1 aromatic carbocycles. The fraction of sp³-hybridized carbons (Fsp3) is 0.308. The van der Waals surface area contributed by atoms with E-state index in [2.05, 4.69) is 5.10 Å². The number of benzene rings is 1. The van der Waals surface area contributed by atoms with Crippen molar-refractivity contribution < 1.29 is 4.79 Å². The van der Waals surface area contributed by atoms with E-state index in [4.69, 9.17) is 0 Å². The Morgan fingerprint density at radius 1 is 1.24 bits per heavy atom. The summed E-state index contributed by atoms with van der Waals surface area (Å²) >= 11 is 0. The van der Waals surface area contributed by atoms with Gasteiger partial charge in [0.05, 0.1) is 11.6 Å². The topological polar surface area (TPSA) is 52.0 Å². The van der Waals surface area contributed by atoms with Crippen molar-refractivity contribution in [2.24, 2.45) is 5.41 Å². The van der Waals surface area contributed by atoms with Gasteiger partial charge >= 0.3 is 0 Å². The highest BCUT2D eigenvalue weighted by molar-refractivity contribution is 5.87. The highest BCUT2D eigenvalue weighted by atomic mass is 16.2. The molecule has 0 saturated heterocycles. The van der Waals surface area contributed by atoms with Gasteiger partial charge in [-0.1, -0.05) is 39.0 Å². The van der Waals surface area contributed by atoms with Gasteiger partial charge in [-0.15, -0.1) is 0 Å². The summed E-state index contributed by atoms with van der Waals surface area (Å²) in [6.07, 6.45) is 1.54. The van der Waals surface area contributed by atoms with E-state index in [0.29, 0.717) is 5.39 Å². The summed E-state index contributed by atoms with van der Waals surface area (Å²) in [5.74, 6) is -0.298. The number of carbonyl (C=O) groups excluding carboxylic acids is 1. The van der Waals surface area contributed by atoms with E-state index < -0.39 is 5.41 Å². The molecule has 0 radical (unpaired) electrons. The summed E-state index contributed by atoms with van der Waals surface area (Å²) in [6.45, 7) is 5.29. The van der Waals surface area contributed by atoms with Crippen LogP contribution in [-0.2, 0) is 0 Å². The molecule has 0 amide bonds. The summed E-state index contributed by atoms with van der Waals surface area (Å²) in [6, 6.07) is 7.11. The Bertz CT molecular complexity index is 636. The van der Waals surface area contributed by atoms with Crippen molar-refractivity contribution in [2.75, 3.05) is 0 Å². The Labute approximate surface area is 98.9 Å². The number of nitrogens with zero attached hydrogens (tertiary/aromatic N) is 2. The van der Waals surface area contributed by atoms with Crippen molar-refractivity contribution >= 4 is 16.7 Å². The summed E-state index contributed by atoms with van der Waals surface area (Å²) in [7, 11) is 0. The lowest BCUT2D eigenvalue weighted by Gasteiger charge is -2.16. The molecule has 2 rings (SSSR count). The SMILES string of the molecule is CC(C)(C)C(=O)n1ncc2ccccc2c1=O. The summed E-state index contributed by atoms with van der Waals surface area (Å²) in [4.78, 5) is 24.1. The second-order valence-corrected chi connectivity index (χ2v) is 5.00. The number of aromatic nitrogens is 2. The molecule has 0 bridgehead atoms. The van der Waals surface area contributed by atoms with Crippen LogP contribution < -0.4 is 5.56 Å². The molecule has 0 aliphatic carbocycles. The molecule has 0 atom stereocenters. The smallest absolute Gasteiger partial charge is 0.272 e. The first-order chi connectivity index (χ1) is 7.91. The van der Waals surface area contributed by atoms with Crippen LogP contribution in [0.2, 0.25) is 0 Å². The molecule has 0 saturated carbocycles. The van der Waals surface area contributed by atoms with E-state index in [-0.39, 0.29) is 11.5 Å². The summed E-state index contributed by atoms with van der Waals surface area (Å²) < 4.78 is 0.947. The van der Waals surface area contributed by atoms with Crippen LogP contribution in [0.4, 0.5) is 0 Å². The van der Waals surface area contributed by atoms with Crippen LogP contribution in [0.1, 0.15) is 25.6 Å². The maximum absolute atomic E-state index is 12.1. The van der Waals surface area contributed by atoms with Gasteiger partial charge < -0.3 is 0 Å². The predicted octanol–water partition coefficient (Wildman–Crippen LogP) is 2.08. The quantitative estimate of drug-likeness (QED) is 0.696. The number of fused-ring (bicyclic) bond motifs is 1. The molecule has 0 fully saturated rings. The predicted molar refractivity (Wildman–Crippen MR) is 66.1 cm³/mol. The minimum absolute atomic E-state index is 0.298. The van der Waals surface area contributed by atoms with Crippen molar-refractivity contribution in [3.63, 3.8) is 0 Å². The zero-order chi connectivity index (χ0) is 12.6. The van der Waals surface area contributed by atoms with Crippen LogP contribution in [0, 0.1) is 5.41 Å². The molecule has 1 heterocycles. The fourth-order valence-corrected chi connectivity index (χ4v) is 1.55. The van der Waals surface area contributed by atoms with E-state index in [0.717, 1.165) is 10.1 Å². The molecule has 0 spiro atoms. The number of hydrogen-bond acceptors (Lipinski definition) is 3. The van der Waals surface area contributed by atoms with Gasteiger partial charge in [0.25, 0.3) is 11.5 Å². The number of hydrogen-bond donors (Lipinski definition) is 0. The van der Waals surface area contributed by atoms with Crippen molar-refractivity contribution in [2.45, 2.75) is 20.8 Å². The van der Waals surface area contributed by atoms with Crippen LogP contribution in [0.5, 0.6) is 0 Å². The highest BCUT2D eigenvalue weighted by Crippen LogP contribution is 2.15. The number of carbonyl (C=O) groups is 1. The minimum atomic E-state index is -0.626. The molecule has 0 aliphatic heterocycles. The summed E-state index contributed by atoms with van der Waals surface area (Å²) in [5, 5.41) is 5.19. The highest BCUT2D eigenvalue weighted by Gasteiger charge is 2.25. The molecule has 2 aromatic rings. The zero-order valence-corrected chi connectivity index (χ0v) is 10.1. The first-order valence-corrected chi connectivity index (χ1v) is 5.43. The van der Waals surface area contributed by atoms with Gasteiger partial charge in [-0.25, -0.2) is 0 Å². The third-order valence-electron chi connectivity index (χ3n) is 2.53. The Kier molecular flexibility index (Phi) is 2.58. The van der Waals surface area contributed by atoms with Crippen LogP contribution in [0.15, 0.2) is 35.3 Å². The van der Waals surface area contributed by atoms with Gasteiger partial charge in [0, 0.05) is 10.8 Å². The van der Waals surface area contributed by atoms with Crippen molar-refractivity contribution in [3.05, 3.63) is 40.8 Å². The molecule has 0 N–H and O–H groups in total. The fourth-order valence-electron chi connectivity index (χ4n) is 1.55. The first kappa shape index (κ1) is 11.5. The van der Waals surface area contributed by atoms with Crippen LogP contribution in [0.3, 0.4) is 0 Å². The Balaban J connectivity index is 2.70. The monoisotopic (exact) mass is 230 g/mol. The number of rotatable bonds is 0. The normalized spacial score (nSPS) is 11.7. The Morgan fingerprint density at radius 2 is 1.88 bits per heavy atom. The molecule has 0 unspecified atom stereocenters. The maximum atomic E-state index is 12.1. The molecule has 0 aliphatic rings. The van der Waals surface area contributed by atoms with Crippen molar-refractivity contribution in [1.29, 1.82) is 0 Å². The van der Waals surface area contributed by atoms with Gasteiger partial charge in [0.15, 0.2) is 0 Å². The Hall–Kier alpha value is -1.97. The second kappa shape index (κ2) is 3.80. The maximum Gasteiger partial charge on any atom is 0.281 e. The van der Waals surface area contributed by atoms with Crippen LogP contribution in [-0.4, -0.2) is 15.7 Å². The lowest BCUT2D eigenvalue weighted by Crippen LogP contribution is -2.36. The Morgan fingerprint density at radius 3 is 2.53 bits per heavy atom. The third-order valence-corrected chi connectivity index (χ3v) is 2.53. The van der Waals surface area contributed by atoms with Gasteiger partial charge in [-0.05, 0) is 6.07 Å². The van der Waals surface area contributed by atoms with E-state index in [1.807, 2.05) is 6.07 Å². The molecule has 4 nitrogen and oxygen atoms in total. The van der Waals surface area contributed by atoms with Crippen molar-refractivity contribution in [3.8, 4) is 0 Å². The standard InChI is InChI=1S/C13H14N2O2/c1-13(2,3)12(17)15-11(16)10-7-5-4-6-9(10)8-14-15/h4-8H,1-3H3. The molecular weight excluding hydrogens is 216 g/mol. The molecular formula is C13H14N2O2. The van der Waals surface area contributed by atoms with Gasteiger partial charge in [-0.3, -0.25) is 9.59 Å². The third kappa shape index (κ3) is 1.98. The largest absolute Gasteiger partial charge is 0.281 e. The zero-order valence-electron chi connectivity index (χ0n) is 10.1. The lowest BCUT2D eigenvalue weighted by atomic mass is 9.96. The van der Waals surface area contributed by atoms with E-state index in [1.54, 1.807) is 45.2 Å². The first-order valence-electron chi connectivity index (χ1n) is 5.43. The van der Waals surface area contributed by atoms with E-state index >= 15 is 0 Å². The van der Waals surface area contributed by atoms with Gasteiger partial charge in [0.2, 0.25) is 0 Å².